The molecular formula is C16H18O2. The van der Waals surface area contributed by atoms with Crippen molar-refractivity contribution in [3.8, 4) is 5.75 Å². The Morgan fingerprint density at radius 3 is 2.44 bits per heavy atom. The van der Waals surface area contributed by atoms with Gasteiger partial charge in [-0.15, -0.1) is 0 Å². The summed E-state index contributed by atoms with van der Waals surface area (Å²) in [5.41, 5.74) is 3.28. The highest BCUT2D eigenvalue weighted by atomic mass is 16.5. The molecule has 2 heteroatoms. The van der Waals surface area contributed by atoms with Crippen molar-refractivity contribution in [2.24, 2.45) is 0 Å². The van der Waals surface area contributed by atoms with Crippen molar-refractivity contribution < 1.29 is 9.84 Å². The van der Waals surface area contributed by atoms with Crippen molar-refractivity contribution in [1.29, 1.82) is 0 Å². The second-order valence-electron chi connectivity index (χ2n) is 4.48. The SMILES string of the molecule is COc1ccc(C(O)Cc2cccc(C)c2)cc1. The first kappa shape index (κ1) is 12.7. The number of rotatable bonds is 4. The fourth-order valence-electron chi connectivity index (χ4n) is 2.01. The van der Waals surface area contributed by atoms with Gasteiger partial charge in [0, 0.05) is 6.42 Å². The minimum atomic E-state index is -0.474. The molecule has 0 bridgehead atoms. The van der Waals surface area contributed by atoms with Crippen LogP contribution in [0.25, 0.3) is 0 Å². The van der Waals surface area contributed by atoms with Gasteiger partial charge in [-0.25, -0.2) is 0 Å². The summed E-state index contributed by atoms with van der Waals surface area (Å²) in [5, 5.41) is 10.2. The second-order valence-corrected chi connectivity index (χ2v) is 4.48. The second kappa shape index (κ2) is 5.69. The van der Waals surface area contributed by atoms with Gasteiger partial charge in [-0.2, -0.15) is 0 Å². The standard InChI is InChI=1S/C16H18O2/c1-12-4-3-5-13(10-12)11-16(17)14-6-8-15(18-2)9-7-14/h3-10,16-17H,11H2,1-2H3. The van der Waals surface area contributed by atoms with Gasteiger partial charge in [-0.05, 0) is 30.2 Å². The first-order valence-corrected chi connectivity index (χ1v) is 6.06. The number of aryl methyl sites for hydroxylation is 1. The summed E-state index contributed by atoms with van der Waals surface area (Å²) in [5.74, 6) is 0.807. The summed E-state index contributed by atoms with van der Waals surface area (Å²) in [6, 6.07) is 15.8. The summed E-state index contributed by atoms with van der Waals surface area (Å²) in [7, 11) is 1.64. The molecule has 0 heterocycles. The summed E-state index contributed by atoms with van der Waals surface area (Å²) >= 11 is 0. The predicted molar refractivity (Wildman–Crippen MR) is 72.8 cm³/mol. The maximum atomic E-state index is 10.2. The van der Waals surface area contributed by atoms with E-state index in [1.807, 2.05) is 36.4 Å². The lowest BCUT2D eigenvalue weighted by Gasteiger charge is -2.12. The van der Waals surface area contributed by atoms with Gasteiger partial charge in [0.15, 0.2) is 0 Å². The highest BCUT2D eigenvalue weighted by Gasteiger charge is 2.08. The molecule has 2 aromatic rings. The summed E-state index contributed by atoms with van der Waals surface area (Å²) in [4.78, 5) is 0. The third kappa shape index (κ3) is 3.11. The van der Waals surface area contributed by atoms with Crippen LogP contribution in [0.4, 0.5) is 0 Å². The zero-order chi connectivity index (χ0) is 13.0. The van der Waals surface area contributed by atoms with Crippen LogP contribution in [0.5, 0.6) is 5.75 Å². The number of aliphatic hydroxyl groups is 1. The van der Waals surface area contributed by atoms with Crippen molar-refractivity contribution in [1.82, 2.24) is 0 Å². The third-order valence-corrected chi connectivity index (χ3v) is 3.01. The van der Waals surface area contributed by atoms with Gasteiger partial charge < -0.3 is 9.84 Å². The number of ether oxygens (including phenoxy) is 1. The zero-order valence-electron chi connectivity index (χ0n) is 10.8. The first-order valence-electron chi connectivity index (χ1n) is 6.06. The van der Waals surface area contributed by atoms with E-state index in [0.29, 0.717) is 6.42 Å². The Morgan fingerprint density at radius 1 is 1.11 bits per heavy atom. The van der Waals surface area contributed by atoms with Gasteiger partial charge in [0.25, 0.3) is 0 Å². The van der Waals surface area contributed by atoms with E-state index in [1.54, 1.807) is 7.11 Å². The first-order chi connectivity index (χ1) is 8.69. The molecule has 0 saturated carbocycles. The topological polar surface area (TPSA) is 29.5 Å². The van der Waals surface area contributed by atoms with Crippen LogP contribution in [-0.4, -0.2) is 12.2 Å². The minimum Gasteiger partial charge on any atom is -0.497 e. The molecule has 1 N–H and O–H groups in total. The Labute approximate surface area is 108 Å². The van der Waals surface area contributed by atoms with Crippen LogP contribution in [0, 0.1) is 6.92 Å². The van der Waals surface area contributed by atoms with Crippen LogP contribution in [0.1, 0.15) is 22.8 Å². The van der Waals surface area contributed by atoms with E-state index in [1.165, 1.54) is 5.56 Å². The summed E-state index contributed by atoms with van der Waals surface area (Å²) < 4.78 is 5.10. The average molecular weight is 242 g/mol. The van der Waals surface area contributed by atoms with Gasteiger partial charge in [0.05, 0.1) is 13.2 Å². The molecule has 0 radical (unpaired) electrons. The molecule has 0 amide bonds. The van der Waals surface area contributed by atoms with Gasteiger partial charge in [0.1, 0.15) is 5.75 Å². The van der Waals surface area contributed by atoms with Crippen molar-refractivity contribution in [2.45, 2.75) is 19.4 Å². The number of hydrogen-bond donors (Lipinski definition) is 1. The van der Waals surface area contributed by atoms with Gasteiger partial charge in [-0.3, -0.25) is 0 Å². The molecule has 2 rings (SSSR count). The molecule has 1 atom stereocenters. The van der Waals surface area contributed by atoms with E-state index in [2.05, 4.69) is 19.1 Å². The molecule has 0 aliphatic heterocycles. The molecule has 0 fully saturated rings. The van der Waals surface area contributed by atoms with Crippen molar-refractivity contribution in [3.63, 3.8) is 0 Å². The van der Waals surface area contributed by atoms with Crippen LogP contribution in [0.15, 0.2) is 48.5 Å². The highest BCUT2D eigenvalue weighted by Crippen LogP contribution is 2.21. The minimum absolute atomic E-state index is 0.474. The zero-order valence-corrected chi connectivity index (χ0v) is 10.8. The third-order valence-electron chi connectivity index (χ3n) is 3.01. The van der Waals surface area contributed by atoms with Crippen LogP contribution in [-0.2, 0) is 6.42 Å². The van der Waals surface area contributed by atoms with E-state index >= 15 is 0 Å². The number of methoxy groups -OCH3 is 1. The molecule has 2 aromatic carbocycles. The number of aliphatic hydroxyl groups excluding tert-OH is 1. The van der Waals surface area contributed by atoms with Crippen LogP contribution in [0.2, 0.25) is 0 Å². The Kier molecular flexibility index (Phi) is 4.00. The fourth-order valence-corrected chi connectivity index (χ4v) is 2.01. The van der Waals surface area contributed by atoms with Gasteiger partial charge in [0.2, 0.25) is 0 Å². The molecule has 0 aliphatic rings. The van der Waals surface area contributed by atoms with E-state index in [4.69, 9.17) is 4.74 Å². The normalized spacial score (nSPS) is 12.2. The summed E-state index contributed by atoms with van der Waals surface area (Å²) in [6.45, 7) is 2.06. The number of hydrogen-bond acceptors (Lipinski definition) is 2. The van der Waals surface area contributed by atoms with Crippen LogP contribution >= 0.6 is 0 Å². The molecular weight excluding hydrogens is 224 g/mol. The largest absolute Gasteiger partial charge is 0.497 e. The maximum absolute atomic E-state index is 10.2. The molecule has 0 aromatic heterocycles. The van der Waals surface area contributed by atoms with Crippen molar-refractivity contribution in [3.05, 3.63) is 65.2 Å². The summed E-state index contributed by atoms with van der Waals surface area (Å²) in [6.07, 6.45) is 0.159. The molecule has 0 aliphatic carbocycles. The molecule has 18 heavy (non-hydrogen) atoms. The lowest BCUT2D eigenvalue weighted by atomic mass is 10.0. The van der Waals surface area contributed by atoms with E-state index in [0.717, 1.165) is 16.9 Å². The highest BCUT2D eigenvalue weighted by molar-refractivity contribution is 5.30. The van der Waals surface area contributed by atoms with E-state index in [9.17, 15) is 5.11 Å². The monoisotopic (exact) mass is 242 g/mol. The Bertz CT molecular complexity index is 503. The lowest BCUT2D eigenvalue weighted by molar-refractivity contribution is 0.178. The van der Waals surface area contributed by atoms with E-state index in [-0.39, 0.29) is 0 Å². The molecule has 94 valence electrons. The lowest BCUT2D eigenvalue weighted by Crippen LogP contribution is -2.01. The molecule has 0 spiro atoms. The predicted octanol–water partition coefficient (Wildman–Crippen LogP) is 3.28. The average Bonchev–Trinajstić information content (AvgIpc) is 2.39. The van der Waals surface area contributed by atoms with Crippen LogP contribution < -0.4 is 4.74 Å². The Morgan fingerprint density at radius 2 is 1.83 bits per heavy atom. The van der Waals surface area contributed by atoms with Crippen molar-refractivity contribution in [2.75, 3.05) is 7.11 Å². The quantitative estimate of drug-likeness (QED) is 0.891. The Balaban J connectivity index is 2.09. The smallest absolute Gasteiger partial charge is 0.118 e. The molecule has 2 nitrogen and oxygen atoms in total. The van der Waals surface area contributed by atoms with E-state index < -0.39 is 6.10 Å². The van der Waals surface area contributed by atoms with Crippen molar-refractivity contribution >= 4 is 0 Å². The van der Waals surface area contributed by atoms with Crippen LogP contribution in [0.3, 0.4) is 0 Å². The fraction of sp³-hybridized carbons (Fsp3) is 0.250. The number of benzene rings is 2. The molecule has 1 unspecified atom stereocenters. The Hall–Kier alpha value is -1.80. The van der Waals surface area contributed by atoms with Gasteiger partial charge >= 0.3 is 0 Å². The molecule has 0 saturated heterocycles. The maximum Gasteiger partial charge on any atom is 0.118 e. The van der Waals surface area contributed by atoms with Gasteiger partial charge in [-0.1, -0.05) is 42.0 Å².